The van der Waals surface area contributed by atoms with Gasteiger partial charge in [0.2, 0.25) is 0 Å². The molecule has 0 aromatic heterocycles. The number of hydrogen-bond acceptors (Lipinski definition) is 1. The normalized spacial score (nSPS) is 9.27. The van der Waals surface area contributed by atoms with Crippen LogP contribution in [0.25, 0.3) is 0 Å². The Labute approximate surface area is 67.3 Å². The molecule has 3 nitrogen and oxygen atoms in total. The average Bonchev–Trinajstić information content (AvgIpc) is 1.87. The highest BCUT2D eigenvalue weighted by atomic mass is 16.4. The molecule has 64 valence electrons. The highest BCUT2D eigenvalue weighted by Crippen LogP contribution is 2.03. The first-order chi connectivity index (χ1) is 5.09. The van der Waals surface area contributed by atoms with Gasteiger partial charge in [-0.25, -0.2) is 4.79 Å². The topological polar surface area (TPSA) is 40.5 Å². The van der Waals surface area contributed by atoms with Crippen molar-refractivity contribution in [1.29, 1.82) is 0 Å². The van der Waals surface area contributed by atoms with E-state index >= 15 is 0 Å². The summed E-state index contributed by atoms with van der Waals surface area (Å²) in [7, 11) is 0. The summed E-state index contributed by atoms with van der Waals surface area (Å²) in [6.07, 6.45) is 0.974. The Morgan fingerprint density at radius 3 is 2.45 bits per heavy atom. The second kappa shape index (κ2) is 4.77. The van der Waals surface area contributed by atoms with Crippen LogP contribution >= 0.6 is 0 Å². The fraction of sp³-hybridized carbons (Fsp3) is 0.625. The van der Waals surface area contributed by atoms with Gasteiger partial charge in [-0.3, -0.25) is 4.90 Å². The fourth-order valence-corrected chi connectivity index (χ4v) is 0.766. The van der Waals surface area contributed by atoms with Crippen LogP contribution in [-0.2, 0) is 0 Å². The lowest BCUT2D eigenvalue weighted by Crippen LogP contribution is -2.27. The third-order valence-corrected chi connectivity index (χ3v) is 1.43. The summed E-state index contributed by atoms with van der Waals surface area (Å²) in [4.78, 5) is 11.8. The largest absolute Gasteiger partial charge is 0.465 e. The van der Waals surface area contributed by atoms with Gasteiger partial charge in [0.1, 0.15) is 0 Å². The third kappa shape index (κ3) is 3.65. The van der Waals surface area contributed by atoms with E-state index in [4.69, 9.17) is 5.11 Å². The lowest BCUT2D eigenvalue weighted by molar-refractivity contribution is 0.158. The highest BCUT2D eigenvalue weighted by molar-refractivity contribution is 5.67. The van der Waals surface area contributed by atoms with Crippen LogP contribution in [0.4, 0.5) is 4.79 Å². The van der Waals surface area contributed by atoms with E-state index in [-0.39, 0.29) is 0 Å². The van der Waals surface area contributed by atoms with Crippen molar-refractivity contribution >= 4 is 6.09 Å². The molecule has 0 saturated heterocycles. The summed E-state index contributed by atoms with van der Waals surface area (Å²) < 4.78 is 0. The zero-order valence-electron chi connectivity index (χ0n) is 7.13. The summed E-state index contributed by atoms with van der Waals surface area (Å²) in [6.45, 7) is 7.86. The van der Waals surface area contributed by atoms with E-state index < -0.39 is 6.09 Å². The molecule has 0 radical (unpaired) electrons. The van der Waals surface area contributed by atoms with E-state index in [1.54, 1.807) is 6.92 Å². The molecular formula is C8H15NO2. The first-order valence-corrected chi connectivity index (χ1v) is 3.75. The minimum Gasteiger partial charge on any atom is -0.465 e. The van der Waals surface area contributed by atoms with Gasteiger partial charge in [0.15, 0.2) is 0 Å². The molecule has 0 aromatic carbocycles. The predicted octanol–water partition coefficient (Wildman–Crippen LogP) is 2.30. The van der Waals surface area contributed by atoms with Crippen molar-refractivity contribution in [2.45, 2.75) is 26.7 Å². The average molecular weight is 157 g/mol. The first-order valence-electron chi connectivity index (χ1n) is 3.75. The minimum absolute atomic E-state index is 0.557. The maximum Gasteiger partial charge on any atom is 0.411 e. The van der Waals surface area contributed by atoms with Gasteiger partial charge >= 0.3 is 6.09 Å². The Morgan fingerprint density at radius 2 is 2.18 bits per heavy atom. The highest BCUT2D eigenvalue weighted by Gasteiger charge is 2.10. The lowest BCUT2D eigenvalue weighted by atomic mass is 10.3. The predicted molar refractivity (Wildman–Crippen MR) is 44.5 cm³/mol. The van der Waals surface area contributed by atoms with E-state index in [1.807, 2.05) is 6.92 Å². The molecule has 1 amide bonds. The SMILES string of the molecule is C=C(C)N(CCCC)C(=O)O. The van der Waals surface area contributed by atoms with Crippen LogP contribution in [0, 0.1) is 0 Å². The van der Waals surface area contributed by atoms with Gasteiger partial charge < -0.3 is 5.11 Å². The zero-order valence-corrected chi connectivity index (χ0v) is 7.13. The molecule has 0 aliphatic rings. The number of rotatable bonds is 4. The van der Waals surface area contributed by atoms with Crippen LogP contribution in [0.5, 0.6) is 0 Å². The van der Waals surface area contributed by atoms with E-state index in [2.05, 4.69) is 6.58 Å². The Kier molecular flexibility index (Phi) is 4.34. The summed E-state index contributed by atoms with van der Waals surface area (Å²) in [5, 5.41) is 8.64. The molecule has 0 heterocycles. The number of amides is 1. The van der Waals surface area contributed by atoms with Gasteiger partial charge in [0.05, 0.1) is 0 Å². The molecule has 0 spiro atoms. The standard InChI is InChI=1S/C8H15NO2/c1-4-5-6-9(7(2)3)8(10)11/h2,4-6H2,1,3H3,(H,10,11). The van der Waals surface area contributed by atoms with Crippen LogP contribution < -0.4 is 0 Å². The quantitative estimate of drug-likeness (QED) is 0.680. The van der Waals surface area contributed by atoms with Crippen LogP contribution in [0.2, 0.25) is 0 Å². The molecule has 0 aromatic rings. The van der Waals surface area contributed by atoms with E-state index in [0.717, 1.165) is 12.8 Å². The monoisotopic (exact) mass is 157 g/mol. The van der Waals surface area contributed by atoms with E-state index in [1.165, 1.54) is 4.90 Å². The van der Waals surface area contributed by atoms with Gasteiger partial charge in [0, 0.05) is 12.2 Å². The van der Waals surface area contributed by atoms with Crippen molar-refractivity contribution < 1.29 is 9.90 Å². The van der Waals surface area contributed by atoms with Crippen LogP contribution in [0.1, 0.15) is 26.7 Å². The summed E-state index contributed by atoms with van der Waals surface area (Å²) >= 11 is 0. The number of nitrogens with zero attached hydrogens (tertiary/aromatic N) is 1. The Bertz CT molecular complexity index is 140. The second-order valence-corrected chi connectivity index (χ2v) is 2.52. The van der Waals surface area contributed by atoms with Gasteiger partial charge in [-0.15, -0.1) is 0 Å². The van der Waals surface area contributed by atoms with Crippen molar-refractivity contribution in [3.63, 3.8) is 0 Å². The van der Waals surface area contributed by atoms with Crippen LogP contribution in [0.3, 0.4) is 0 Å². The van der Waals surface area contributed by atoms with Crippen LogP contribution in [0.15, 0.2) is 12.3 Å². The number of carbonyl (C=O) groups is 1. The summed E-state index contributed by atoms with van der Waals surface area (Å²) in [5.74, 6) is 0. The molecule has 0 fully saturated rings. The molecule has 0 aliphatic carbocycles. The maximum atomic E-state index is 10.5. The number of carboxylic acid groups (broad SMARTS) is 1. The second-order valence-electron chi connectivity index (χ2n) is 2.52. The molecule has 3 heteroatoms. The molecule has 1 N–H and O–H groups in total. The van der Waals surface area contributed by atoms with Crippen LogP contribution in [-0.4, -0.2) is 22.6 Å². The fourth-order valence-electron chi connectivity index (χ4n) is 0.766. The van der Waals surface area contributed by atoms with Crippen molar-refractivity contribution in [1.82, 2.24) is 4.90 Å². The molecule has 0 bridgehead atoms. The summed E-state index contributed by atoms with van der Waals surface area (Å²) in [5.41, 5.74) is 0.589. The van der Waals surface area contributed by atoms with Gasteiger partial charge in [0.25, 0.3) is 0 Å². The van der Waals surface area contributed by atoms with E-state index in [0.29, 0.717) is 12.2 Å². The van der Waals surface area contributed by atoms with Crippen molar-refractivity contribution in [3.8, 4) is 0 Å². The molecule has 0 saturated carbocycles. The molecule has 0 rings (SSSR count). The smallest absolute Gasteiger partial charge is 0.411 e. The third-order valence-electron chi connectivity index (χ3n) is 1.43. The van der Waals surface area contributed by atoms with Gasteiger partial charge in [-0.2, -0.15) is 0 Å². The molecule has 0 atom stereocenters. The molecule has 0 aliphatic heterocycles. The Hall–Kier alpha value is -0.990. The molecular weight excluding hydrogens is 142 g/mol. The zero-order chi connectivity index (χ0) is 8.85. The number of hydrogen-bond donors (Lipinski definition) is 1. The number of allylic oxidation sites excluding steroid dienone is 1. The molecule has 11 heavy (non-hydrogen) atoms. The lowest BCUT2D eigenvalue weighted by Gasteiger charge is -2.17. The summed E-state index contributed by atoms with van der Waals surface area (Å²) in [6, 6.07) is 0. The van der Waals surface area contributed by atoms with Crippen molar-refractivity contribution in [2.24, 2.45) is 0 Å². The minimum atomic E-state index is -0.911. The van der Waals surface area contributed by atoms with E-state index in [9.17, 15) is 4.79 Å². The van der Waals surface area contributed by atoms with Gasteiger partial charge in [-0.05, 0) is 13.3 Å². The molecule has 0 unspecified atom stereocenters. The van der Waals surface area contributed by atoms with Gasteiger partial charge in [-0.1, -0.05) is 19.9 Å². The maximum absolute atomic E-state index is 10.5. The Balaban J connectivity index is 3.90. The first kappa shape index (κ1) is 10.0. The Morgan fingerprint density at radius 1 is 1.64 bits per heavy atom. The van der Waals surface area contributed by atoms with Crippen molar-refractivity contribution in [3.05, 3.63) is 12.3 Å². The number of unbranched alkanes of at least 4 members (excludes halogenated alkanes) is 1. The van der Waals surface area contributed by atoms with Crippen molar-refractivity contribution in [2.75, 3.05) is 6.54 Å².